The van der Waals surface area contributed by atoms with Crippen LogP contribution in [0, 0.1) is 6.92 Å². The second kappa shape index (κ2) is 12.0. The third-order valence-electron chi connectivity index (χ3n) is 6.08. The fraction of sp³-hybridized carbons (Fsp3) is 0.370. The third kappa shape index (κ3) is 7.13. The number of hydrogen-bond donors (Lipinski definition) is 1. The lowest BCUT2D eigenvalue weighted by Gasteiger charge is -2.34. The highest BCUT2D eigenvalue weighted by Crippen LogP contribution is 2.18. The number of rotatable bonds is 9. The fourth-order valence-electron chi connectivity index (χ4n) is 4.04. The molecule has 8 heteroatoms. The van der Waals surface area contributed by atoms with Gasteiger partial charge in [0.25, 0.3) is 0 Å². The van der Waals surface area contributed by atoms with Gasteiger partial charge in [-0.2, -0.15) is 0 Å². The van der Waals surface area contributed by atoms with Gasteiger partial charge in [0.15, 0.2) is 0 Å². The highest BCUT2D eigenvalue weighted by atomic mass is 32.1. The Morgan fingerprint density at radius 3 is 2.54 bits per heavy atom. The Morgan fingerprint density at radius 1 is 1.06 bits per heavy atom. The van der Waals surface area contributed by atoms with E-state index in [-0.39, 0.29) is 18.2 Å². The van der Waals surface area contributed by atoms with Crippen molar-refractivity contribution in [1.82, 2.24) is 14.8 Å². The summed E-state index contributed by atoms with van der Waals surface area (Å²) < 4.78 is 5.79. The average molecular weight is 493 g/mol. The molecule has 0 bridgehead atoms. The number of thiazole rings is 1. The smallest absolute Gasteiger partial charge is 0.238 e. The maximum atomic E-state index is 12.8. The minimum absolute atomic E-state index is 0.0199. The SMILES string of the molecule is CCc1ccccc1NC(=O)CN1CCN(C(=O)Cc2csc(COc3ccc(C)cc3)n2)CC1. The van der Waals surface area contributed by atoms with Crippen LogP contribution in [0.4, 0.5) is 5.69 Å². The number of amides is 2. The molecule has 0 spiro atoms. The molecule has 0 radical (unpaired) electrons. The van der Waals surface area contributed by atoms with Crippen molar-refractivity contribution in [3.63, 3.8) is 0 Å². The Labute approximate surface area is 210 Å². The lowest BCUT2D eigenvalue weighted by Crippen LogP contribution is -2.50. The lowest BCUT2D eigenvalue weighted by molar-refractivity contribution is -0.132. The van der Waals surface area contributed by atoms with Gasteiger partial charge < -0.3 is 15.0 Å². The Bertz CT molecular complexity index is 1140. The Hall–Kier alpha value is -3.23. The number of nitrogens with one attached hydrogen (secondary N) is 1. The van der Waals surface area contributed by atoms with E-state index in [1.165, 1.54) is 16.9 Å². The lowest BCUT2D eigenvalue weighted by atomic mass is 10.1. The number of aromatic nitrogens is 1. The molecule has 0 unspecified atom stereocenters. The largest absolute Gasteiger partial charge is 0.486 e. The monoisotopic (exact) mass is 492 g/mol. The van der Waals surface area contributed by atoms with Crippen molar-refractivity contribution in [2.45, 2.75) is 33.3 Å². The van der Waals surface area contributed by atoms with Crippen molar-refractivity contribution >= 4 is 28.8 Å². The number of nitrogens with zero attached hydrogens (tertiary/aromatic N) is 3. The minimum Gasteiger partial charge on any atom is -0.486 e. The molecule has 1 fully saturated rings. The molecule has 1 N–H and O–H groups in total. The van der Waals surface area contributed by atoms with E-state index in [1.54, 1.807) is 0 Å². The summed E-state index contributed by atoms with van der Waals surface area (Å²) >= 11 is 1.51. The molecule has 2 amide bonds. The topological polar surface area (TPSA) is 74.8 Å². The quantitative estimate of drug-likeness (QED) is 0.490. The van der Waals surface area contributed by atoms with E-state index in [0.717, 1.165) is 34.1 Å². The summed E-state index contributed by atoms with van der Waals surface area (Å²) in [6.45, 7) is 7.44. The number of hydrogen-bond acceptors (Lipinski definition) is 6. The van der Waals surface area contributed by atoms with Crippen LogP contribution < -0.4 is 10.1 Å². The van der Waals surface area contributed by atoms with Gasteiger partial charge in [0, 0.05) is 37.2 Å². The first-order valence-electron chi connectivity index (χ1n) is 12.0. The van der Waals surface area contributed by atoms with Gasteiger partial charge >= 0.3 is 0 Å². The predicted molar refractivity (Wildman–Crippen MR) is 139 cm³/mol. The van der Waals surface area contributed by atoms with Crippen molar-refractivity contribution in [1.29, 1.82) is 0 Å². The van der Waals surface area contributed by atoms with Gasteiger partial charge in [-0.25, -0.2) is 4.98 Å². The highest BCUT2D eigenvalue weighted by Gasteiger charge is 2.23. The van der Waals surface area contributed by atoms with Gasteiger partial charge in [-0.05, 0) is 37.1 Å². The number of carbonyl (C=O) groups is 2. The van der Waals surface area contributed by atoms with Crippen molar-refractivity contribution in [2.24, 2.45) is 0 Å². The van der Waals surface area contributed by atoms with E-state index >= 15 is 0 Å². The molecule has 1 saturated heterocycles. The first kappa shape index (κ1) is 24.9. The molecule has 0 saturated carbocycles. The maximum Gasteiger partial charge on any atom is 0.238 e. The van der Waals surface area contributed by atoms with E-state index in [2.05, 4.69) is 22.1 Å². The Kier molecular flexibility index (Phi) is 8.50. The van der Waals surface area contributed by atoms with E-state index in [9.17, 15) is 9.59 Å². The molecule has 3 aromatic rings. The first-order chi connectivity index (χ1) is 17.0. The summed E-state index contributed by atoms with van der Waals surface area (Å²) in [5.41, 5.74) is 3.97. The summed E-state index contributed by atoms with van der Waals surface area (Å²) in [4.78, 5) is 33.8. The Balaban J connectivity index is 1.19. The second-order valence-corrected chi connectivity index (χ2v) is 9.67. The number of benzene rings is 2. The van der Waals surface area contributed by atoms with Crippen LogP contribution in [0.25, 0.3) is 0 Å². The number of para-hydroxylation sites is 1. The van der Waals surface area contributed by atoms with Gasteiger partial charge in [0.05, 0.1) is 18.7 Å². The maximum absolute atomic E-state index is 12.8. The highest BCUT2D eigenvalue weighted by molar-refractivity contribution is 7.09. The normalized spacial score (nSPS) is 14.1. The van der Waals surface area contributed by atoms with Crippen LogP contribution >= 0.6 is 11.3 Å². The zero-order chi connectivity index (χ0) is 24.6. The van der Waals surface area contributed by atoms with Crippen LogP contribution in [0.2, 0.25) is 0 Å². The first-order valence-corrected chi connectivity index (χ1v) is 12.9. The molecular formula is C27H32N4O3S. The molecule has 1 aliphatic rings. The van der Waals surface area contributed by atoms with Crippen molar-refractivity contribution in [2.75, 3.05) is 38.0 Å². The van der Waals surface area contributed by atoms with Gasteiger partial charge in [-0.1, -0.05) is 42.8 Å². The number of carbonyl (C=O) groups excluding carboxylic acids is 2. The van der Waals surface area contributed by atoms with Crippen LogP contribution in [0.15, 0.2) is 53.9 Å². The van der Waals surface area contributed by atoms with Crippen molar-refractivity contribution < 1.29 is 14.3 Å². The molecule has 35 heavy (non-hydrogen) atoms. The van der Waals surface area contributed by atoms with Gasteiger partial charge in [0.2, 0.25) is 11.8 Å². The summed E-state index contributed by atoms with van der Waals surface area (Å²) in [5, 5.41) is 5.81. The Morgan fingerprint density at radius 2 is 1.80 bits per heavy atom. The summed E-state index contributed by atoms with van der Waals surface area (Å²) in [6, 6.07) is 15.8. The summed E-state index contributed by atoms with van der Waals surface area (Å²) in [7, 11) is 0. The van der Waals surface area contributed by atoms with E-state index in [4.69, 9.17) is 4.74 Å². The number of piperazine rings is 1. The van der Waals surface area contributed by atoms with E-state index in [0.29, 0.717) is 39.3 Å². The summed E-state index contributed by atoms with van der Waals surface area (Å²) in [5.74, 6) is 0.861. The van der Waals surface area contributed by atoms with Crippen molar-refractivity contribution in [3.8, 4) is 5.75 Å². The predicted octanol–water partition coefficient (Wildman–Crippen LogP) is 3.92. The van der Waals surface area contributed by atoms with Gasteiger partial charge in [-0.3, -0.25) is 14.5 Å². The number of ether oxygens (including phenoxy) is 1. The van der Waals surface area contributed by atoms with Crippen LogP contribution in [0.3, 0.4) is 0 Å². The van der Waals surface area contributed by atoms with Crippen LogP contribution in [-0.2, 0) is 29.0 Å². The zero-order valence-corrected chi connectivity index (χ0v) is 21.1. The molecule has 2 heterocycles. The fourth-order valence-corrected chi connectivity index (χ4v) is 4.75. The standard InChI is InChI=1S/C27H32N4O3S/c1-3-21-6-4-5-7-24(21)29-25(32)17-30-12-14-31(15-13-30)27(33)16-22-19-35-26(28-22)18-34-23-10-8-20(2)9-11-23/h4-11,19H,3,12-18H2,1-2H3,(H,29,32). The van der Waals surface area contributed by atoms with Crippen LogP contribution in [0.1, 0.15) is 28.8 Å². The molecule has 184 valence electrons. The molecule has 0 aliphatic carbocycles. The molecule has 4 rings (SSSR count). The molecule has 1 aromatic heterocycles. The van der Waals surface area contributed by atoms with Gasteiger partial charge in [0.1, 0.15) is 17.4 Å². The molecule has 1 aliphatic heterocycles. The van der Waals surface area contributed by atoms with Crippen LogP contribution in [0.5, 0.6) is 5.75 Å². The average Bonchev–Trinajstić information content (AvgIpc) is 3.31. The van der Waals surface area contributed by atoms with E-state index < -0.39 is 0 Å². The molecule has 2 aromatic carbocycles. The second-order valence-electron chi connectivity index (χ2n) is 8.73. The van der Waals surface area contributed by atoms with E-state index in [1.807, 2.05) is 65.7 Å². The number of aryl methyl sites for hydroxylation is 2. The molecule has 7 nitrogen and oxygen atoms in total. The van der Waals surface area contributed by atoms with Crippen LogP contribution in [-0.4, -0.2) is 59.3 Å². The van der Waals surface area contributed by atoms with Gasteiger partial charge in [-0.15, -0.1) is 11.3 Å². The molecular weight excluding hydrogens is 460 g/mol. The molecule has 0 atom stereocenters. The zero-order valence-electron chi connectivity index (χ0n) is 20.3. The minimum atomic E-state index is -0.0199. The summed E-state index contributed by atoms with van der Waals surface area (Å²) in [6.07, 6.45) is 1.16. The van der Waals surface area contributed by atoms with Crippen molar-refractivity contribution in [3.05, 3.63) is 75.7 Å². The number of anilines is 1. The third-order valence-corrected chi connectivity index (χ3v) is 6.95.